The van der Waals surface area contributed by atoms with Crippen LogP contribution in [-0.4, -0.2) is 16.2 Å². The van der Waals surface area contributed by atoms with Gasteiger partial charge in [-0.1, -0.05) is 153 Å². The number of rotatable bonds is 7. The Hall–Kier alpha value is -7.11. The van der Waals surface area contributed by atoms with Crippen molar-refractivity contribution in [3.8, 4) is 39.6 Å². The Kier molecular flexibility index (Phi) is 8.60. The standard InChI is InChI=1S/C60H58N4O/c1-58(2,3)42-30-31-61-56(36-42)64-52-25-17-16-24-48(52)49-29-28-46(38-55(49)64)65-47-33-43(59(4,5)6)32-45(37-47)62-39-63(54-27-19-18-26-53(54)62)57-50(40-20-12-10-13-21-40)34-44(60(7,8)9)35-51(57)41-22-14-11-15-23-41/h10-38H,39H2,1-9H3/i16D,17D,24D,25D,34D,35D. The summed E-state index contributed by atoms with van der Waals surface area (Å²) < 4.78 is 64.2. The SMILES string of the molecule is [2H]c1c(-c2ccccc2)c(N2CN(c3cc(Oc4ccc5c6c([2H])c([2H])c([2H])c([2H])c6n(-c6cc(C(C)(C)C)ccn6)c5c4)cc(C(C)(C)C)c3)c3ccccc32)c(-c2ccccc2)c([2H])c1C(C)(C)C. The summed E-state index contributed by atoms with van der Waals surface area (Å²) in [6.07, 6.45) is 1.75. The molecular weight excluding hydrogens is 793 g/mol. The summed E-state index contributed by atoms with van der Waals surface area (Å²) in [7, 11) is 0. The highest BCUT2D eigenvalue weighted by atomic mass is 16.5. The van der Waals surface area contributed by atoms with Crippen molar-refractivity contribution in [3.63, 3.8) is 0 Å². The number of ether oxygens (including phenoxy) is 1. The zero-order chi connectivity index (χ0) is 50.5. The Bertz CT molecular complexity index is 3500. The van der Waals surface area contributed by atoms with Crippen molar-refractivity contribution in [2.45, 2.75) is 78.6 Å². The van der Waals surface area contributed by atoms with E-state index >= 15 is 0 Å². The minimum absolute atomic E-state index is 0.109. The van der Waals surface area contributed by atoms with Gasteiger partial charge in [0.1, 0.15) is 24.0 Å². The molecule has 9 aromatic rings. The van der Waals surface area contributed by atoms with Gasteiger partial charge in [0.25, 0.3) is 0 Å². The first-order valence-corrected chi connectivity index (χ1v) is 22.4. The van der Waals surface area contributed by atoms with Gasteiger partial charge in [-0.05, 0) is 111 Å². The smallest absolute Gasteiger partial charge is 0.137 e. The third-order valence-corrected chi connectivity index (χ3v) is 12.4. The van der Waals surface area contributed by atoms with Gasteiger partial charge in [0.15, 0.2) is 0 Å². The lowest BCUT2D eigenvalue weighted by Gasteiger charge is -2.30. The summed E-state index contributed by atoms with van der Waals surface area (Å²) in [5.41, 5.74) is 9.78. The highest BCUT2D eigenvalue weighted by Crippen LogP contribution is 2.52. The fraction of sp³-hybridized carbons (Fsp3) is 0.217. The zero-order valence-electron chi connectivity index (χ0n) is 44.7. The normalized spacial score (nSPS) is 14.5. The van der Waals surface area contributed by atoms with Crippen LogP contribution >= 0.6 is 0 Å². The maximum atomic E-state index is 9.97. The second-order valence-corrected chi connectivity index (χ2v) is 20.2. The molecule has 0 aliphatic carbocycles. The zero-order valence-corrected chi connectivity index (χ0v) is 38.7. The largest absolute Gasteiger partial charge is 0.457 e. The molecule has 10 rings (SSSR count). The quantitative estimate of drug-likeness (QED) is 0.160. The van der Waals surface area contributed by atoms with E-state index in [0.717, 1.165) is 56.1 Å². The number of anilines is 4. The molecule has 0 unspecified atom stereocenters. The summed E-state index contributed by atoms with van der Waals surface area (Å²) in [4.78, 5) is 9.33. The van der Waals surface area contributed by atoms with E-state index in [1.807, 2.05) is 83.4 Å². The lowest BCUT2D eigenvalue weighted by Crippen LogP contribution is -2.26. The molecule has 5 nitrogen and oxygen atoms in total. The summed E-state index contributed by atoms with van der Waals surface area (Å²) in [5.74, 6) is 1.67. The molecule has 7 aromatic carbocycles. The second kappa shape index (κ2) is 15.8. The first-order valence-electron chi connectivity index (χ1n) is 25.4. The van der Waals surface area contributed by atoms with Gasteiger partial charge in [-0.3, -0.25) is 4.57 Å². The Labute approximate surface area is 393 Å². The first-order chi connectivity index (χ1) is 33.6. The van der Waals surface area contributed by atoms with Gasteiger partial charge in [-0.15, -0.1) is 0 Å². The molecule has 2 aromatic heterocycles. The summed E-state index contributed by atoms with van der Waals surface area (Å²) in [6, 6.07) is 44.4. The number of nitrogens with zero attached hydrogens (tertiary/aromatic N) is 4. The van der Waals surface area contributed by atoms with E-state index in [2.05, 4.69) is 127 Å². The highest BCUT2D eigenvalue weighted by molar-refractivity contribution is 6.09. The van der Waals surface area contributed by atoms with E-state index in [4.69, 9.17) is 15.2 Å². The van der Waals surface area contributed by atoms with Gasteiger partial charge in [-0.25, -0.2) is 4.98 Å². The number of fused-ring (bicyclic) bond motifs is 4. The van der Waals surface area contributed by atoms with Crippen LogP contribution in [0.4, 0.5) is 22.7 Å². The van der Waals surface area contributed by atoms with Crippen molar-refractivity contribution in [2.75, 3.05) is 16.5 Å². The average Bonchev–Trinajstić information content (AvgIpc) is 3.88. The van der Waals surface area contributed by atoms with Crippen LogP contribution in [0.15, 0.2) is 176 Å². The first kappa shape index (κ1) is 35.3. The number of pyridine rings is 1. The molecule has 0 atom stereocenters. The van der Waals surface area contributed by atoms with Crippen LogP contribution in [0, 0.1) is 0 Å². The van der Waals surface area contributed by atoms with Crippen molar-refractivity contribution in [1.29, 1.82) is 0 Å². The number of aromatic nitrogens is 2. The van der Waals surface area contributed by atoms with E-state index in [1.165, 1.54) is 0 Å². The minimum Gasteiger partial charge on any atom is -0.457 e. The second-order valence-electron chi connectivity index (χ2n) is 20.2. The molecular formula is C60H58N4O. The van der Waals surface area contributed by atoms with Crippen LogP contribution in [0.25, 0.3) is 49.9 Å². The highest BCUT2D eigenvalue weighted by Gasteiger charge is 2.33. The maximum absolute atomic E-state index is 9.97. The fourth-order valence-corrected chi connectivity index (χ4v) is 8.80. The van der Waals surface area contributed by atoms with E-state index in [0.29, 0.717) is 63.4 Å². The number of hydrogen-bond acceptors (Lipinski definition) is 4. The van der Waals surface area contributed by atoms with Crippen molar-refractivity contribution in [3.05, 3.63) is 193 Å². The van der Waals surface area contributed by atoms with E-state index in [9.17, 15) is 2.74 Å². The topological polar surface area (TPSA) is 33.5 Å². The number of para-hydroxylation sites is 3. The molecule has 0 radical (unpaired) electrons. The molecule has 0 fully saturated rings. The molecule has 3 heterocycles. The Morgan fingerprint density at radius 1 is 0.523 bits per heavy atom. The summed E-state index contributed by atoms with van der Waals surface area (Å²) in [5, 5.41) is 1.08. The van der Waals surface area contributed by atoms with E-state index < -0.39 is 5.41 Å². The molecule has 1 aliphatic heterocycles. The van der Waals surface area contributed by atoms with Gasteiger partial charge in [0.2, 0.25) is 0 Å². The van der Waals surface area contributed by atoms with Gasteiger partial charge >= 0.3 is 0 Å². The fourth-order valence-electron chi connectivity index (χ4n) is 8.80. The third kappa shape index (κ3) is 7.84. The van der Waals surface area contributed by atoms with E-state index in [1.54, 1.807) is 6.20 Å². The van der Waals surface area contributed by atoms with Gasteiger partial charge < -0.3 is 14.5 Å². The molecule has 0 amide bonds. The monoisotopic (exact) mass is 856 g/mol. The molecule has 0 saturated heterocycles. The summed E-state index contributed by atoms with van der Waals surface area (Å²) in [6.45, 7) is 19.6. The minimum atomic E-state index is -0.486. The predicted molar refractivity (Wildman–Crippen MR) is 274 cm³/mol. The summed E-state index contributed by atoms with van der Waals surface area (Å²) >= 11 is 0. The Morgan fingerprint density at radius 3 is 1.75 bits per heavy atom. The van der Waals surface area contributed by atoms with Crippen LogP contribution in [0.5, 0.6) is 11.5 Å². The number of benzene rings is 7. The van der Waals surface area contributed by atoms with E-state index in [-0.39, 0.29) is 35.0 Å². The van der Waals surface area contributed by atoms with Crippen molar-refractivity contribution in [1.82, 2.24) is 9.55 Å². The molecule has 1 aliphatic rings. The lowest BCUT2D eigenvalue weighted by atomic mass is 9.82. The van der Waals surface area contributed by atoms with Gasteiger partial charge in [0, 0.05) is 45.9 Å². The average molecular weight is 857 g/mol. The molecule has 0 saturated carbocycles. The van der Waals surface area contributed by atoms with Crippen LogP contribution in [0.1, 0.15) is 87.2 Å². The van der Waals surface area contributed by atoms with Crippen LogP contribution in [-0.2, 0) is 16.2 Å². The molecule has 5 heteroatoms. The Morgan fingerprint density at radius 2 is 1.12 bits per heavy atom. The molecule has 0 spiro atoms. The van der Waals surface area contributed by atoms with Crippen molar-refractivity contribution < 1.29 is 13.0 Å². The molecule has 0 N–H and O–H groups in total. The lowest BCUT2D eigenvalue weighted by molar-refractivity contribution is 0.479. The van der Waals surface area contributed by atoms with Crippen molar-refractivity contribution in [2.24, 2.45) is 0 Å². The third-order valence-electron chi connectivity index (χ3n) is 12.4. The van der Waals surface area contributed by atoms with Gasteiger partial charge in [-0.2, -0.15) is 0 Å². The number of hydrogen-bond donors (Lipinski definition) is 0. The van der Waals surface area contributed by atoms with Crippen LogP contribution in [0.3, 0.4) is 0 Å². The maximum Gasteiger partial charge on any atom is 0.137 e. The van der Waals surface area contributed by atoms with Gasteiger partial charge in [0.05, 0.1) is 36.3 Å². The van der Waals surface area contributed by atoms with Crippen LogP contribution < -0.4 is 14.5 Å². The molecule has 0 bridgehead atoms. The predicted octanol–water partition coefficient (Wildman–Crippen LogP) is 16.4. The van der Waals surface area contributed by atoms with Crippen LogP contribution in [0.2, 0.25) is 0 Å². The van der Waals surface area contributed by atoms with Crippen molar-refractivity contribution >= 4 is 44.6 Å². The molecule has 65 heavy (non-hydrogen) atoms. The Balaban J connectivity index is 1.15. The molecule has 324 valence electrons.